The molecule has 4 rings (SSSR count). The molecule has 9 nitrogen and oxygen atoms in total. The van der Waals surface area contributed by atoms with Crippen LogP contribution in [0.4, 0.5) is 5.69 Å². The molecule has 3 heterocycles. The molecule has 2 unspecified atom stereocenters. The molecular formula is C18H20N4O5. The summed E-state index contributed by atoms with van der Waals surface area (Å²) in [6.07, 6.45) is 0.208. The Hall–Kier alpha value is -2.78. The van der Waals surface area contributed by atoms with E-state index in [1.807, 2.05) is 4.90 Å². The van der Waals surface area contributed by atoms with Crippen molar-refractivity contribution in [3.8, 4) is 0 Å². The van der Waals surface area contributed by atoms with Crippen molar-refractivity contribution >= 4 is 29.3 Å². The van der Waals surface area contributed by atoms with E-state index in [2.05, 4.69) is 10.6 Å². The molecule has 0 radical (unpaired) electrons. The first kappa shape index (κ1) is 17.6. The number of aliphatic hydroxyl groups is 1. The molecule has 0 saturated carbocycles. The average Bonchev–Trinajstić information content (AvgIpc) is 2.93. The third-order valence-electron chi connectivity index (χ3n) is 5.32. The number of piperidine rings is 1. The van der Waals surface area contributed by atoms with Crippen LogP contribution in [0.2, 0.25) is 0 Å². The quantitative estimate of drug-likeness (QED) is 0.574. The molecule has 1 aromatic carbocycles. The molecule has 1 aromatic rings. The predicted octanol–water partition coefficient (Wildman–Crippen LogP) is -1.14. The molecule has 2 atom stereocenters. The van der Waals surface area contributed by atoms with Crippen LogP contribution in [-0.4, -0.2) is 72.0 Å². The fourth-order valence-electron chi connectivity index (χ4n) is 3.98. The van der Waals surface area contributed by atoms with E-state index in [1.165, 1.54) is 0 Å². The van der Waals surface area contributed by atoms with Crippen LogP contribution < -0.4 is 15.5 Å². The lowest BCUT2D eigenvalue weighted by molar-refractivity contribution is -0.136. The third kappa shape index (κ3) is 2.79. The van der Waals surface area contributed by atoms with Gasteiger partial charge in [0.25, 0.3) is 11.8 Å². The molecule has 27 heavy (non-hydrogen) atoms. The lowest BCUT2D eigenvalue weighted by atomic mass is 10.0. The van der Waals surface area contributed by atoms with Gasteiger partial charge in [0.2, 0.25) is 11.8 Å². The minimum absolute atomic E-state index is 0.0844. The van der Waals surface area contributed by atoms with Crippen molar-refractivity contribution in [3.05, 3.63) is 29.3 Å². The number of rotatable bonds is 3. The number of imide groups is 2. The van der Waals surface area contributed by atoms with Gasteiger partial charge in [0.05, 0.1) is 29.5 Å². The molecule has 3 aliphatic rings. The van der Waals surface area contributed by atoms with Gasteiger partial charge in [0.1, 0.15) is 6.04 Å². The van der Waals surface area contributed by atoms with Crippen molar-refractivity contribution in [1.29, 1.82) is 0 Å². The summed E-state index contributed by atoms with van der Waals surface area (Å²) in [5, 5.41) is 15.1. The fourth-order valence-corrected chi connectivity index (χ4v) is 3.98. The Morgan fingerprint density at radius 1 is 1.15 bits per heavy atom. The van der Waals surface area contributed by atoms with E-state index in [0.717, 1.165) is 4.90 Å². The van der Waals surface area contributed by atoms with Gasteiger partial charge in [-0.1, -0.05) is 6.07 Å². The summed E-state index contributed by atoms with van der Waals surface area (Å²) in [7, 11) is 0. The van der Waals surface area contributed by atoms with E-state index < -0.39 is 29.7 Å². The van der Waals surface area contributed by atoms with Crippen molar-refractivity contribution in [1.82, 2.24) is 15.5 Å². The number of aliphatic hydroxyl groups excluding tert-OH is 1. The lowest BCUT2D eigenvalue weighted by Crippen LogP contribution is -2.54. The maximum atomic E-state index is 13.1. The first-order chi connectivity index (χ1) is 13.0. The Morgan fingerprint density at radius 2 is 1.96 bits per heavy atom. The van der Waals surface area contributed by atoms with E-state index >= 15 is 0 Å². The Balaban J connectivity index is 1.71. The zero-order valence-electron chi connectivity index (χ0n) is 14.6. The van der Waals surface area contributed by atoms with Crippen LogP contribution in [0.3, 0.4) is 0 Å². The highest BCUT2D eigenvalue weighted by molar-refractivity contribution is 6.25. The van der Waals surface area contributed by atoms with E-state index in [0.29, 0.717) is 25.3 Å². The molecule has 142 valence electrons. The lowest BCUT2D eigenvalue weighted by Gasteiger charge is -2.37. The molecule has 3 aliphatic heterocycles. The van der Waals surface area contributed by atoms with Gasteiger partial charge in [-0.2, -0.15) is 0 Å². The first-order valence-electron chi connectivity index (χ1n) is 8.95. The van der Waals surface area contributed by atoms with Crippen LogP contribution in [-0.2, 0) is 9.59 Å². The Bertz CT molecular complexity index is 839. The molecule has 0 aromatic heterocycles. The normalized spacial score (nSPS) is 25.7. The summed E-state index contributed by atoms with van der Waals surface area (Å²) in [5.41, 5.74) is 1.09. The minimum atomic E-state index is -0.986. The topological polar surface area (TPSA) is 119 Å². The van der Waals surface area contributed by atoms with Crippen LogP contribution in [0.25, 0.3) is 0 Å². The van der Waals surface area contributed by atoms with Crippen LogP contribution in [0.1, 0.15) is 33.6 Å². The van der Waals surface area contributed by atoms with Gasteiger partial charge in [0.15, 0.2) is 0 Å². The maximum absolute atomic E-state index is 13.1. The molecular weight excluding hydrogens is 352 g/mol. The van der Waals surface area contributed by atoms with Gasteiger partial charge in [-0.25, -0.2) is 0 Å². The van der Waals surface area contributed by atoms with Gasteiger partial charge in [0, 0.05) is 26.1 Å². The third-order valence-corrected chi connectivity index (χ3v) is 5.32. The van der Waals surface area contributed by atoms with Gasteiger partial charge < -0.3 is 15.3 Å². The molecule has 2 saturated heterocycles. The van der Waals surface area contributed by atoms with Crippen molar-refractivity contribution in [2.24, 2.45) is 0 Å². The van der Waals surface area contributed by atoms with Gasteiger partial charge in [-0.3, -0.25) is 29.4 Å². The number of benzene rings is 1. The maximum Gasteiger partial charge on any atom is 0.264 e. The van der Waals surface area contributed by atoms with Crippen LogP contribution in [0.5, 0.6) is 0 Å². The second-order valence-corrected chi connectivity index (χ2v) is 6.88. The molecule has 0 spiro atoms. The number of fused-ring (bicyclic) bond motifs is 1. The minimum Gasteiger partial charge on any atom is -0.394 e. The molecule has 0 aliphatic carbocycles. The largest absolute Gasteiger partial charge is 0.394 e. The second-order valence-electron chi connectivity index (χ2n) is 6.88. The number of carbonyl (C=O) groups is 4. The van der Waals surface area contributed by atoms with E-state index in [9.17, 15) is 24.3 Å². The highest BCUT2D eigenvalue weighted by Gasteiger charge is 2.46. The van der Waals surface area contributed by atoms with E-state index in [4.69, 9.17) is 0 Å². The van der Waals surface area contributed by atoms with Crippen molar-refractivity contribution in [3.63, 3.8) is 0 Å². The fraction of sp³-hybridized carbons (Fsp3) is 0.444. The monoisotopic (exact) mass is 372 g/mol. The van der Waals surface area contributed by atoms with Crippen LogP contribution >= 0.6 is 0 Å². The van der Waals surface area contributed by atoms with E-state index in [1.54, 1.807) is 18.2 Å². The van der Waals surface area contributed by atoms with Crippen LogP contribution in [0, 0.1) is 0 Å². The zero-order chi connectivity index (χ0) is 19.1. The molecule has 3 N–H and O–H groups in total. The number of nitrogens with one attached hydrogen (secondary N) is 2. The summed E-state index contributed by atoms with van der Waals surface area (Å²) >= 11 is 0. The van der Waals surface area contributed by atoms with Crippen molar-refractivity contribution in [2.45, 2.75) is 24.9 Å². The summed E-state index contributed by atoms with van der Waals surface area (Å²) in [4.78, 5) is 52.5. The highest BCUT2D eigenvalue weighted by atomic mass is 16.3. The average molecular weight is 372 g/mol. The second kappa shape index (κ2) is 6.75. The SMILES string of the molecule is O=C1CCC(N2C(=O)c3cccc(N4CCNCC4CO)c3C2=O)C(=O)N1. The number of piperazine rings is 1. The standard InChI is InChI=1S/C18H20N4O5/c23-9-10-8-19-6-7-21(10)12-3-1-2-11-15(12)18(27)22(17(11)26)13-4-5-14(24)20-16(13)25/h1-3,10,13,19,23H,4-9H2,(H,20,24,25). The van der Waals surface area contributed by atoms with Gasteiger partial charge in [-0.15, -0.1) is 0 Å². The molecule has 0 bridgehead atoms. The smallest absolute Gasteiger partial charge is 0.264 e. The number of hydrogen-bond acceptors (Lipinski definition) is 7. The molecule has 9 heteroatoms. The first-order valence-corrected chi connectivity index (χ1v) is 8.95. The van der Waals surface area contributed by atoms with Crippen molar-refractivity contribution in [2.75, 3.05) is 31.1 Å². The summed E-state index contributed by atoms with van der Waals surface area (Å²) in [6, 6.07) is 3.83. The number of nitrogens with zero attached hydrogens (tertiary/aromatic N) is 2. The van der Waals surface area contributed by atoms with E-state index in [-0.39, 0.29) is 36.6 Å². The molecule has 4 amide bonds. The number of amides is 4. The summed E-state index contributed by atoms with van der Waals surface area (Å²) in [6.45, 7) is 1.76. The summed E-state index contributed by atoms with van der Waals surface area (Å²) < 4.78 is 0. The Labute approximate surface area is 155 Å². The Kier molecular flexibility index (Phi) is 4.40. The van der Waals surface area contributed by atoms with Crippen LogP contribution in [0.15, 0.2) is 18.2 Å². The van der Waals surface area contributed by atoms with Crippen molar-refractivity contribution < 1.29 is 24.3 Å². The molecule has 2 fully saturated rings. The Morgan fingerprint density at radius 3 is 2.70 bits per heavy atom. The zero-order valence-corrected chi connectivity index (χ0v) is 14.6. The van der Waals surface area contributed by atoms with Gasteiger partial charge >= 0.3 is 0 Å². The number of hydrogen-bond donors (Lipinski definition) is 3. The predicted molar refractivity (Wildman–Crippen MR) is 94.2 cm³/mol. The highest BCUT2D eigenvalue weighted by Crippen LogP contribution is 2.35. The number of carbonyl (C=O) groups excluding carboxylic acids is 4. The van der Waals surface area contributed by atoms with Gasteiger partial charge in [-0.05, 0) is 18.6 Å². The number of anilines is 1. The summed E-state index contributed by atoms with van der Waals surface area (Å²) in [5.74, 6) is -2.09.